The summed E-state index contributed by atoms with van der Waals surface area (Å²) >= 11 is 3.80. The second-order valence-corrected chi connectivity index (χ2v) is 10.4. The van der Waals surface area contributed by atoms with Crippen molar-refractivity contribution in [2.45, 2.75) is 46.1 Å². The van der Waals surface area contributed by atoms with Crippen molar-refractivity contribution in [2.75, 3.05) is 0 Å². The van der Waals surface area contributed by atoms with Crippen molar-refractivity contribution in [1.82, 2.24) is 0 Å². The number of esters is 1. The van der Waals surface area contributed by atoms with Crippen molar-refractivity contribution >= 4 is 43.4 Å². The first-order valence-corrected chi connectivity index (χ1v) is 12.0. The third-order valence-corrected chi connectivity index (χ3v) is 8.98. The van der Waals surface area contributed by atoms with Gasteiger partial charge in [0.1, 0.15) is 6.10 Å². The molecule has 0 aromatic heterocycles. The van der Waals surface area contributed by atoms with E-state index in [9.17, 15) is 4.79 Å². The van der Waals surface area contributed by atoms with E-state index >= 15 is 0 Å². The highest BCUT2D eigenvalue weighted by Gasteiger charge is 2.49. The van der Waals surface area contributed by atoms with Crippen LogP contribution in [0.5, 0.6) is 0 Å². The topological polar surface area (TPSA) is 26.3 Å². The summed E-state index contributed by atoms with van der Waals surface area (Å²) in [7, 11) is 0. The van der Waals surface area contributed by atoms with Crippen molar-refractivity contribution in [3.05, 3.63) is 58.6 Å². The van der Waals surface area contributed by atoms with Crippen LogP contribution in [0.4, 0.5) is 0 Å². The van der Waals surface area contributed by atoms with Gasteiger partial charge < -0.3 is 4.74 Å². The average Bonchev–Trinajstić information content (AvgIpc) is 3.26. The Bertz CT molecular complexity index is 1120. The van der Waals surface area contributed by atoms with E-state index in [2.05, 4.69) is 78.3 Å². The zero-order valence-corrected chi connectivity index (χ0v) is 19.5. The van der Waals surface area contributed by atoms with Crippen LogP contribution in [0, 0.1) is 29.6 Å². The molecule has 30 heavy (non-hydrogen) atoms. The Hall–Kier alpha value is -1.87. The standard InChI is InChI=1S/C27H29BrO2/c1-15-16(2)25-13-19(15)12-20(25)14-26(29)30-17(3)21-10-11-23-22-7-5-4-6-18(22)8-9-24(23)27(21)28/h4-11,15-17,19-20,25H,12-14H2,1-3H3. The Morgan fingerprint density at radius 3 is 2.53 bits per heavy atom. The van der Waals surface area contributed by atoms with Crippen molar-refractivity contribution in [2.24, 2.45) is 29.6 Å². The average molecular weight is 465 g/mol. The zero-order chi connectivity index (χ0) is 21.0. The quantitative estimate of drug-likeness (QED) is 0.292. The zero-order valence-electron chi connectivity index (χ0n) is 17.9. The van der Waals surface area contributed by atoms with Crippen LogP contribution in [0.15, 0.2) is 53.0 Å². The second kappa shape index (κ2) is 7.67. The predicted molar refractivity (Wildman–Crippen MR) is 126 cm³/mol. The monoisotopic (exact) mass is 464 g/mol. The first-order valence-electron chi connectivity index (χ1n) is 11.2. The molecule has 2 aliphatic rings. The van der Waals surface area contributed by atoms with Gasteiger partial charge in [0.15, 0.2) is 0 Å². The molecule has 6 unspecified atom stereocenters. The van der Waals surface area contributed by atoms with Gasteiger partial charge in [0, 0.05) is 16.5 Å². The first-order chi connectivity index (χ1) is 14.4. The molecule has 3 heteroatoms. The van der Waals surface area contributed by atoms with Gasteiger partial charge in [0.25, 0.3) is 0 Å². The number of benzene rings is 3. The van der Waals surface area contributed by atoms with Crippen molar-refractivity contribution in [1.29, 1.82) is 0 Å². The van der Waals surface area contributed by atoms with Crippen LogP contribution < -0.4 is 0 Å². The summed E-state index contributed by atoms with van der Waals surface area (Å²) in [5.74, 6) is 3.52. The maximum Gasteiger partial charge on any atom is 0.306 e. The molecule has 0 N–H and O–H groups in total. The number of fused-ring (bicyclic) bond motifs is 5. The van der Waals surface area contributed by atoms with E-state index in [0.717, 1.165) is 33.2 Å². The molecule has 0 amide bonds. The van der Waals surface area contributed by atoms with Crippen LogP contribution in [0.3, 0.4) is 0 Å². The minimum Gasteiger partial charge on any atom is -0.458 e. The highest BCUT2D eigenvalue weighted by molar-refractivity contribution is 9.10. The van der Waals surface area contributed by atoms with Gasteiger partial charge in [-0.25, -0.2) is 0 Å². The van der Waals surface area contributed by atoms with Crippen molar-refractivity contribution in [3.63, 3.8) is 0 Å². The van der Waals surface area contributed by atoms with Gasteiger partial charge in [-0.2, -0.15) is 0 Å². The van der Waals surface area contributed by atoms with E-state index in [0.29, 0.717) is 18.3 Å². The molecule has 0 aliphatic heterocycles. The molecule has 156 valence electrons. The highest BCUT2D eigenvalue weighted by Crippen LogP contribution is 2.56. The van der Waals surface area contributed by atoms with Crippen LogP contribution in [0.1, 0.15) is 51.7 Å². The molecule has 0 radical (unpaired) electrons. The van der Waals surface area contributed by atoms with Gasteiger partial charge >= 0.3 is 5.97 Å². The third kappa shape index (κ3) is 3.26. The van der Waals surface area contributed by atoms with Gasteiger partial charge in [-0.15, -0.1) is 0 Å². The lowest BCUT2D eigenvalue weighted by Gasteiger charge is -2.31. The molecule has 3 aromatic rings. The number of ether oxygens (including phenoxy) is 1. The Labute approximate surface area is 187 Å². The molecular formula is C27H29BrO2. The molecule has 2 fully saturated rings. The predicted octanol–water partition coefficient (Wildman–Crippen LogP) is 7.68. The van der Waals surface area contributed by atoms with Crippen molar-refractivity contribution < 1.29 is 9.53 Å². The van der Waals surface area contributed by atoms with Crippen LogP contribution in [0.25, 0.3) is 21.5 Å². The lowest BCUT2D eigenvalue weighted by molar-refractivity contribution is -0.150. The maximum absolute atomic E-state index is 12.8. The molecular weight excluding hydrogens is 436 g/mol. The van der Waals surface area contributed by atoms with Gasteiger partial charge in [-0.3, -0.25) is 4.79 Å². The first kappa shape index (κ1) is 20.1. The van der Waals surface area contributed by atoms with E-state index in [1.807, 2.05) is 6.92 Å². The van der Waals surface area contributed by atoms with Gasteiger partial charge in [-0.1, -0.05) is 62.4 Å². The number of hydrogen-bond acceptors (Lipinski definition) is 2. The molecule has 5 rings (SSSR count). The molecule has 2 saturated carbocycles. The molecule has 2 bridgehead atoms. The smallest absolute Gasteiger partial charge is 0.306 e. The summed E-state index contributed by atoms with van der Waals surface area (Å²) in [5.41, 5.74) is 1.03. The second-order valence-electron chi connectivity index (χ2n) is 9.56. The third-order valence-electron chi connectivity index (χ3n) is 8.10. The van der Waals surface area contributed by atoms with Crippen LogP contribution >= 0.6 is 15.9 Å². The van der Waals surface area contributed by atoms with Gasteiger partial charge in [0.2, 0.25) is 0 Å². The van der Waals surface area contributed by atoms with Gasteiger partial charge in [-0.05, 0) is 86.8 Å². The van der Waals surface area contributed by atoms with E-state index < -0.39 is 0 Å². The molecule has 0 spiro atoms. The Kier molecular flexibility index (Phi) is 5.13. The Balaban J connectivity index is 1.33. The lowest BCUT2D eigenvalue weighted by atomic mass is 9.74. The summed E-state index contributed by atoms with van der Waals surface area (Å²) in [5, 5.41) is 4.85. The number of hydrogen-bond donors (Lipinski definition) is 0. The number of rotatable bonds is 4. The normalized spacial score (nSPS) is 28.9. The Morgan fingerprint density at radius 1 is 1.00 bits per heavy atom. The fourth-order valence-electron chi connectivity index (χ4n) is 6.23. The summed E-state index contributed by atoms with van der Waals surface area (Å²) in [4.78, 5) is 12.8. The minimum atomic E-state index is -0.266. The number of halogens is 1. The van der Waals surface area contributed by atoms with Gasteiger partial charge in [0.05, 0.1) is 0 Å². The van der Waals surface area contributed by atoms with E-state index in [1.165, 1.54) is 29.0 Å². The number of carbonyl (C=O) groups is 1. The molecule has 3 aromatic carbocycles. The van der Waals surface area contributed by atoms with Crippen molar-refractivity contribution in [3.8, 4) is 0 Å². The maximum atomic E-state index is 12.8. The summed E-state index contributed by atoms with van der Waals surface area (Å²) in [6, 6.07) is 17.0. The SMILES string of the molecule is CC(OC(=O)CC1CC2CC1C(C)C2C)c1ccc2c(ccc3ccccc32)c1Br. The Morgan fingerprint density at radius 2 is 1.77 bits per heavy atom. The summed E-state index contributed by atoms with van der Waals surface area (Å²) < 4.78 is 6.94. The molecule has 2 aliphatic carbocycles. The molecule has 2 nitrogen and oxygen atoms in total. The fraction of sp³-hybridized carbons (Fsp3) is 0.444. The number of carbonyl (C=O) groups excluding carboxylic acids is 1. The molecule has 0 heterocycles. The van der Waals surface area contributed by atoms with E-state index in [-0.39, 0.29) is 12.1 Å². The van der Waals surface area contributed by atoms with Crippen LogP contribution in [0.2, 0.25) is 0 Å². The largest absolute Gasteiger partial charge is 0.458 e. The fourth-order valence-corrected chi connectivity index (χ4v) is 7.03. The summed E-state index contributed by atoms with van der Waals surface area (Å²) in [6.45, 7) is 6.73. The molecule has 6 atom stereocenters. The van der Waals surface area contributed by atoms with E-state index in [4.69, 9.17) is 4.74 Å². The van der Waals surface area contributed by atoms with Crippen LogP contribution in [-0.4, -0.2) is 5.97 Å². The lowest BCUT2D eigenvalue weighted by Crippen LogP contribution is -2.26. The highest BCUT2D eigenvalue weighted by atomic mass is 79.9. The summed E-state index contributed by atoms with van der Waals surface area (Å²) in [6.07, 6.45) is 2.81. The molecule has 0 saturated heterocycles. The van der Waals surface area contributed by atoms with Crippen LogP contribution in [-0.2, 0) is 9.53 Å². The van der Waals surface area contributed by atoms with E-state index in [1.54, 1.807) is 0 Å². The minimum absolute atomic E-state index is 0.0505.